The number of carbonyl (C=O) groups excluding carboxylic acids is 3. The lowest BCUT2D eigenvalue weighted by Crippen LogP contribution is -2.65. The van der Waals surface area contributed by atoms with Crippen LogP contribution in [0.25, 0.3) is 0 Å². The summed E-state index contributed by atoms with van der Waals surface area (Å²) >= 11 is 0. The third-order valence-corrected chi connectivity index (χ3v) is 8.10. The molecule has 2 amide bonds. The summed E-state index contributed by atoms with van der Waals surface area (Å²) in [5.41, 5.74) is 0.865. The summed E-state index contributed by atoms with van der Waals surface area (Å²) in [6.07, 6.45) is 4.30. The van der Waals surface area contributed by atoms with Crippen LogP contribution in [0.1, 0.15) is 52.4 Å². The van der Waals surface area contributed by atoms with Crippen molar-refractivity contribution in [2.45, 2.75) is 64.0 Å². The first-order valence-electron chi connectivity index (χ1n) is 12.5. The van der Waals surface area contributed by atoms with E-state index in [0.717, 1.165) is 64.1 Å². The number of amides is 2. The maximum Gasteiger partial charge on any atom is 0.312 e. The molecule has 2 N–H and O–H groups in total. The van der Waals surface area contributed by atoms with Gasteiger partial charge in [0.15, 0.2) is 6.10 Å². The highest BCUT2D eigenvalue weighted by molar-refractivity contribution is 5.95. The smallest absolute Gasteiger partial charge is 0.312 e. The molecule has 1 aliphatic heterocycles. The molecule has 5 aliphatic rings. The molecule has 0 spiro atoms. The highest BCUT2D eigenvalue weighted by Gasteiger charge is 2.61. The van der Waals surface area contributed by atoms with Crippen LogP contribution in [0.15, 0.2) is 24.3 Å². The molecule has 2 unspecified atom stereocenters. The van der Waals surface area contributed by atoms with Gasteiger partial charge in [0.25, 0.3) is 5.91 Å². The second-order valence-electron chi connectivity index (χ2n) is 10.9. The van der Waals surface area contributed by atoms with Crippen molar-refractivity contribution in [2.24, 2.45) is 17.3 Å². The second-order valence-corrected chi connectivity index (χ2v) is 10.9. The van der Waals surface area contributed by atoms with Crippen molar-refractivity contribution >= 4 is 29.2 Å². The van der Waals surface area contributed by atoms with E-state index in [9.17, 15) is 14.4 Å². The fourth-order valence-corrected chi connectivity index (χ4v) is 7.18. The third-order valence-electron chi connectivity index (χ3n) is 8.10. The predicted molar refractivity (Wildman–Crippen MR) is 127 cm³/mol. The van der Waals surface area contributed by atoms with E-state index in [4.69, 9.17) is 9.47 Å². The van der Waals surface area contributed by atoms with E-state index in [0.29, 0.717) is 23.9 Å². The molecule has 6 rings (SSSR count). The van der Waals surface area contributed by atoms with Gasteiger partial charge in [-0.1, -0.05) is 0 Å². The summed E-state index contributed by atoms with van der Waals surface area (Å²) in [6.45, 7) is 6.31. The van der Waals surface area contributed by atoms with Crippen LogP contribution in [0.2, 0.25) is 0 Å². The monoisotopic (exact) mass is 469 g/mol. The summed E-state index contributed by atoms with van der Waals surface area (Å²) in [7, 11) is 0. The number of nitrogens with zero attached hydrogens (tertiary/aromatic N) is 1. The van der Waals surface area contributed by atoms with Gasteiger partial charge in [-0.15, -0.1) is 0 Å². The molecule has 0 radical (unpaired) electrons. The minimum atomic E-state index is -0.892. The van der Waals surface area contributed by atoms with E-state index in [1.54, 1.807) is 13.8 Å². The Morgan fingerprint density at radius 3 is 2.32 bits per heavy atom. The van der Waals surface area contributed by atoms with E-state index >= 15 is 0 Å². The number of hydrogen-bond acceptors (Lipinski definition) is 6. The Morgan fingerprint density at radius 1 is 1.06 bits per heavy atom. The van der Waals surface area contributed by atoms with Crippen LogP contribution in [0.5, 0.6) is 0 Å². The number of morpholine rings is 1. The average Bonchev–Trinajstić information content (AvgIpc) is 2.78. The maximum atomic E-state index is 13.4. The Hall–Kier alpha value is -2.61. The van der Waals surface area contributed by atoms with Gasteiger partial charge in [0, 0.05) is 36.9 Å². The Labute approximate surface area is 200 Å². The zero-order chi connectivity index (χ0) is 23.9. The third kappa shape index (κ3) is 4.52. The molecule has 34 heavy (non-hydrogen) atoms. The van der Waals surface area contributed by atoms with Crippen molar-refractivity contribution in [3.63, 3.8) is 0 Å². The Balaban J connectivity index is 1.20. The SMILES string of the molecule is CC(=O)NC12C[C@H]3C[C@@H](C1)CC(C(=O)O[C@@H](C)C(=O)Nc1ccc(N4CCOCC4)cc1)(C3)C2. The van der Waals surface area contributed by atoms with Crippen LogP contribution in [0.3, 0.4) is 0 Å². The molecule has 1 aromatic carbocycles. The highest BCUT2D eigenvalue weighted by atomic mass is 16.5. The molecule has 1 saturated heterocycles. The standard InChI is InChI=1S/C26H35N3O5/c1-17(23(31)27-21-3-5-22(6-4-21)29-7-9-33-10-8-29)34-24(32)25-12-19-11-20(13-25)15-26(14-19,16-25)28-18(2)30/h3-6,17,19-20H,7-16H2,1-2H3,(H,27,31)(H,28,30)/t17-,19-,20+,25?,26?/m0/s1. The van der Waals surface area contributed by atoms with E-state index in [1.807, 2.05) is 24.3 Å². The van der Waals surface area contributed by atoms with Gasteiger partial charge in [-0.05, 0) is 81.5 Å². The number of carbonyl (C=O) groups is 3. The molecule has 4 aliphatic carbocycles. The molecule has 1 heterocycles. The quantitative estimate of drug-likeness (QED) is 0.622. The van der Waals surface area contributed by atoms with Crippen LogP contribution in [-0.2, 0) is 23.9 Å². The fourth-order valence-electron chi connectivity index (χ4n) is 7.18. The van der Waals surface area contributed by atoms with Gasteiger partial charge in [0.05, 0.1) is 18.6 Å². The van der Waals surface area contributed by atoms with Gasteiger partial charge in [0.1, 0.15) is 0 Å². The van der Waals surface area contributed by atoms with Crippen molar-refractivity contribution < 1.29 is 23.9 Å². The Bertz CT molecular complexity index is 942. The van der Waals surface area contributed by atoms with Gasteiger partial charge in [-0.2, -0.15) is 0 Å². The number of benzene rings is 1. The summed E-state index contributed by atoms with van der Waals surface area (Å²) < 4.78 is 11.1. The largest absolute Gasteiger partial charge is 0.452 e. The van der Waals surface area contributed by atoms with Crippen molar-refractivity contribution in [3.8, 4) is 0 Å². The van der Waals surface area contributed by atoms with E-state index < -0.39 is 11.5 Å². The first kappa shape index (κ1) is 23.1. The molecule has 5 fully saturated rings. The van der Waals surface area contributed by atoms with E-state index in [2.05, 4.69) is 15.5 Å². The maximum absolute atomic E-state index is 13.4. The number of hydrogen-bond donors (Lipinski definition) is 2. The van der Waals surface area contributed by atoms with Crippen LogP contribution in [-0.4, -0.2) is 55.7 Å². The van der Waals surface area contributed by atoms with Crippen molar-refractivity contribution in [3.05, 3.63) is 24.3 Å². The van der Waals surface area contributed by atoms with Crippen LogP contribution in [0, 0.1) is 17.3 Å². The number of rotatable bonds is 6. The van der Waals surface area contributed by atoms with Gasteiger partial charge in [-0.3, -0.25) is 14.4 Å². The number of anilines is 2. The summed E-state index contributed by atoms with van der Waals surface area (Å²) in [6, 6.07) is 7.70. The molecule has 4 saturated carbocycles. The molecule has 8 nitrogen and oxygen atoms in total. The normalized spacial score (nSPS) is 32.7. The average molecular weight is 470 g/mol. The lowest BCUT2D eigenvalue weighted by molar-refractivity contribution is -0.181. The van der Waals surface area contributed by atoms with Crippen molar-refractivity contribution in [2.75, 3.05) is 36.5 Å². The predicted octanol–water partition coefficient (Wildman–Crippen LogP) is 2.87. The van der Waals surface area contributed by atoms with Gasteiger partial charge < -0.3 is 25.0 Å². The van der Waals surface area contributed by atoms with Crippen LogP contribution < -0.4 is 15.5 Å². The first-order chi connectivity index (χ1) is 16.3. The van der Waals surface area contributed by atoms with E-state index in [1.165, 1.54) is 0 Å². The summed E-state index contributed by atoms with van der Waals surface area (Å²) in [5.74, 6) is 0.179. The van der Waals surface area contributed by atoms with Crippen molar-refractivity contribution in [1.29, 1.82) is 0 Å². The molecule has 184 valence electrons. The molecular formula is C26H35N3O5. The zero-order valence-electron chi connectivity index (χ0n) is 20.1. The Morgan fingerprint density at radius 2 is 1.71 bits per heavy atom. The molecule has 0 aromatic heterocycles. The minimum Gasteiger partial charge on any atom is -0.452 e. The van der Waals surface area contributed by atoms with Gasteiger partial charge >= 0.3 is 5.97 Å². The summed E-state index contributed by atoms with van der Waals surface area (Å²) in [4.78, 5) is 40.3. The summed E-state index contributed by atoms with van der Waals surface area (Å²) in [5, 5.41) is 6.04. The van der Waals surface area contributed by atoms with Crippen LogP contribution in [0.4, 0.5) is 11.4 Å². The first-order valence-corrected chi connectivity index (χ1v) is 12.5. The number of ether oxygens (including phenoxy) is 2. The van der Waals surface area contributed by atoms with Gasteiger partial charge in [0.2, 0.25) is 5.91 Å². The molecule has 5 atom stereocenters. The minimum absolute atomic E-state index is 0.0437. The number of esters is 1. The zero-order valence-corrected chi connectivity index (χ0v) is 20.1. The lowest BCUT2D eigenvalue weighted by Gasteiger charge is -2.60. The van der Waals surface area contributed by atoms with Crippen molar-refractivity contribution in [1.82, 2.24) is 5.32 Å². The second kappa shape index (κ2) is 8.87. The molecule has 4 bridgehead atoms. The molecule has 8 heteroatoms. The fraction of sp³-hybridized carbons (Fsp3) is 0.654. The lowest BCUT2D eigenvalue weighted by atomic mass is 9.47. The Kier molecular flexibility index (Phi) is 6.04. The van der Waals surface area contributed by atoms with E-state index in [-0.39, 0.29) is 23.3 Å². The topological polar surface area (TPSA) is 97.0 Å². The molecule has 1 aromatic rings. The van der Waals surface area contributed by atoms with Gasteiger partial charge in [-0.25, -0.2) is 0 Å². The van der Waals surface area contributed by atoms with Crippen LogP contribution >= 0.6 is 0 Å². The highest BCUT2D eigenvalue weighted by Crippen LogP contribution is 2.62. The molecular weight excluding hydrogens is 434 g/mol. The number of nitrogens with one attached hydrogen (secondary N) is 2.